The van der Waals surface area contributed by atoms with Crippen LogP contribution in [0.3, 0.4) is 0 Å². The standard InChI is InChI=1S/C23H33Cl2N3O4/c24-17-12-16(13-18(25)14-17)23(31)26-8-6-19-4-5-20(21(15-29)32-19)27-22(30)7-11-28-9-2-1-3-10-28/h12-14,19-21,29H,1-11,15H2,(H,26,31)(H,27,30)/t19-,20+,21+/m1/s1. The maximum Gasteiger partial charge on any atom is 0.251 e. The lowest BCUT2D eigenvalue weighted by atomic mass is 9.97. The van der Waals surface area contributed by atoms with Crippen LogP contribution in [-0.2, 0) is 9.53 Å². The Morgan fingerprint density at radius 2 is 1.81 bits per heavy atom. The molecule has 0 radical (unpaired) electrons. The second-order valence-electron chi connectivity index (χ2n) is 8.59. The predicted octanol–water partition coefficient (Wildman–Crippen LogP) is 3.01. The maximum absolute atomic E-state index is 12.4. The summed E-state index contributed by atoms with van der Waals surface area (Å²) >= 11 is 11.9. The van der Waals surface area contributed by atoms with Crippen LogP contribution in [0.2, 0.25) is 10.0 Å². The normalized spacial score (nSPS) is 24.2. The number of halogens is 2. The van der Waals surface area contributed by atoms with Crippen molar-refractivity contribution >= 4 is 35.0 Å². The number of benzene rings is 1. The van der Waals surface area contributed by atoms with E-state index in [2.05, 4.69) is 15.5 Å². The summed E-state index contributed by atoms with van der Waals surface area (Å²) in [5.41, 5.74) is 0.410. The van der Waals surface area contributed by atoms with Crippen molar-refractivity contribution in [1.82, 2.24) is 15.5 Å². The van der Waals surface area contributed by atoms with Gasteiger partial charge in [0, 0.05) is 35.1 Å². The molecule has 2 saturated heterocycles. The Morgan fingerprint density at radius 1 is 1.09 bits per heavy atom. The van der Waals surface area contributed by atoms with Gasteiger partial charge in [-0.3, -0.25) is 9.59 Å². The first-order chi connectivity index (χ1) is 15.4. The third-order valence-corrected chi connectivity index (χ3v) is 6.56. The summed E-state index contributed by atoms with van der Waals surface area (Å²) in [4.78, 5) is 27.0. The van der Waals surface area contributed by atoms with Gasteiger partial charge in [0.05, 0.1) is 18.8 Å². The fourth-order valence-corrected chi connectivity index (χ4v) is 4.89. The predicted molar refractivity (Wildman–Crippen MR) is 125 cm³/mol. The van der Waals surface area contributed by atoms with Crippen molar-refractivity contribution in [2.75, 3.05) is 32.8 Å². The summed E-state index contributed by atoms with van der Waals surface area (Å²) in [6.45, 7) is 3.20. The van der Waals surface area contributed by atoms with Crippen molar-refractivity contribution in [3.63, 3.8) is 0 Å². The number of rotatable bonds is 9. The number of aliphatic hydroxyl groups is 1. The van der Waals surface area contributed by atoms with Gasteiger partial charge in [-0.15, -0.1) is 0 Å². The highest BCUT2D eigenvalue weighted by Crippen LogP contribution is 2.22. The minimum Gasteiger partial charge on any atom is -0.394 e. The summed E-state index contributed by atoms with van der Waals surface area (Å²) in [6, 6.07) is 4.53. The third-order valence-electron chi connectivity index (χ3n) is 6.12. The molecule has 9 heteroatoms. The molecule has 0 saturated carbocycles. The van der Waals surface area contributed by atoms with Crippen LogP contribution in [0.15, 0.2) is 18.2 Å². The molecule has 7 nitrogen and oxygen atoms in total. The Bertz CT molecular complexity index is 753. The molecule has 3 N–H and O–H groups in total. The quantitative estimate of drug-likeness (QED) is 0.499. The van der Waals surface area contributed by atoms with Crippen LogP contribution in [0.25, 0.3) is 0 Å². The number of nitrogens with one attached hydrogen (secondary N) is 2. The molecule has 2 aliphatic rings. The van der Waals surface area contributed by atoms with Gasteiger partial charge in [-0.25, -0.2) is 0 Å². The zero-order valence-electron chi connectivity index (χ0n) is 18.3. The average molecular weight is 486 g/mol. The Kier molecular flexibility index (Phi) is 10.1. The summed E-state index contributed by atoms with van der Waals surface area (Å²) in [5.74, 6) is -0.240. The van der Waals surface area contributed by atoms with Crippen LogP contribution in [0.5, 0.6) is 0 Å². The van der Waals surface area contributed by atoms with Gasteiger partial charge in [-0.1, -0.05) is 29.6 Å². The van der Waals surface area contributed by atoms with Crippen LogP contribution in [0.1, 0.15) is 55.3 Å². The van der Waals surface area contributed by atoms with Crippen LogP contribution in [0.4, 0.5) is 0 Å². The molecule has 1 aromatic rings. The van der Waals surface area contributed by atoms with Crippen molar-refractivity contribution in [2.24, 2.45) is 0 Å². The molecule has 0 bridgehead atoms. The van der Waals surface area contributed by atoms with E-state index < -0.39 is 6.10 Å². The minimum atomic E-state index is -0.435. The molecule has 3 atom stereocenters. The van der Waals surface area contributed by atoms with E-state index in [-0.39, 0.29) is 30.6 Å². The molecule has 1 aromatic carbocycles. The first-order valence-electron chi connectivity index (χ1n) is 11.5. The van der Waals surface area contributed by atoms with Crippen molar-refractivity contribution < 1.29 is 19.4 Å². The highest BCUT2D eigenvalue weighted by molar-refractivity contribution is 6.35. The number of hydrogen-bond donors (Lipinski definition) is 3. The zero-order chi connectivity index (χ0) is 22.9. The van der Waals surface area contributed by atoms with Gasteiger partial charge < -0.3 is 25.4 Å². The molecule has 0 spiro atoms. The molecule has 2 fully saturated rings. The van der Waals surface area contributed by atoms with E-state index in [1.54, 1.807) is 18.2 Å². The Morgan fingerprint density at radius 3 is 2.50 bits per heavy atom. The molecular weight excluding hydrogens is 453 g/mol. The lowest BCUT2D eigenvalue weighted by Crippen LogP contribution is -2.51. The summed E-state index contributed by atoms with van der Waals surface area (Å²) in [7, 11) is 0. The molecule has 32 heavy (non-hydrogen) atoms. The third kappa shape index (κ3) is 7.89. The van der Waals surface area contributed by atoms with Gasteiger partial charge in [0.25, 0.3) is 5.91 Å². The Balaban J connectivity index is 1.37. The number of ether oxygens (including phenoxy) is 1. The highest BCUT2D eigenvalue weighted by Gasteiger charge is 2.31. The molecular formula is C23H33Cl2N3O4. The van der Waals surface area contributed by atoms with E-state index in [4.69, 9.17) is 27.9 Å². The van der Waals surface area contributed by atoms with Gasteiger partial charge in [-0.05, 0) is 63.4 Å². The molecule has 178 valence electrons. The lowest BCUT2D eigenvalue weighted by Gasteiger charge is -2.36. The molecule has 2 amide bonds. The number of aliphatic hydroxyl groups excluding tert-OH is 1. The molecule has 3 rings (SSSR count). The smallest absolute Gasteiger partial charge is 0.251 e. The van der Waals surface area contributed by atoms with Gasteiger partial charge in [-0.2, -0.15) is 0 Å². The SMILES string of the molecule is O=C(CCN1CCCCC1)N[C@H]1CC[C@H](CCNC(=O)c2cc(Cl)cc(Cl)c2)O[C@H]1CO. The van der Waals surface area contributed by atoms with Crippen LogP contribution in [0, 0.1) is 0 Å². The number of amides is 2. The van der Waals surface area contributed by atoms with Crippen molar-refractivity contribution in [2.45, 2.75) is 63.2 Å². The first kappa shape index (κ1) is 25.2. The van der Waals surface area contributed by atoms with E-state index in [0.29, 0.717) is 35.0 Å². The van der Waals surface area contributed by atoms with Gasteiger partial charge in [0.15, 0.2) is 0 Å². The maximum atomic E-state index is 12.4. The number of carbonyl (C=O) groups excluding carboxylic acids is 2. The Hall–Kier alpha value is -1.38. The van der Waals surface area contributed by atoms with E-state index in [0.717, 1.165) is 32.5 Å². The van der Waals surface area contributed by atoms with Gasteiger partial charge in [0.1, 0.15) is 6.10 Å². The van der Waals surface area contributed by atoms with Crippen LogP contribution in [-0.4, -0.2) is 72.9 Å². The van der Waals surface area contributed by atoms with E-state index >= 15 is 0 Å². The fourth-order valence-electron chi connectivity index (χ4n) is 4.36. The van der Waals surface area contributed by atoms with E-state index in [1.165, 1.54) is 19.3 Å². The van der Waals surface area contributed by atoms with Crippen LogP contribution >= 0.6 is 23.2 Å². The second-order valence-corrected chi connectivity index (χ2v) is 9.46. The number of nitrogens with zero attached hydrogens (tertiary/aromatic N) is 1. The van der Waals surface area contributed by atoms with E-state index in [1.807, 2.05) is 0 Å². The number of hydrogen-bond acceptors (Lipinski definition) is 5. The number of likely N-dealkylation sites (tertiary alicyclic amines) is 1. The number of carbonyl (C=O) groups is 2. The van der Waals surface area contributed by atoms with Gasteiger partial charge in [0.2, 0.25) is 5.91 Å². The van der Waals surface area contributed by atoms with Crippen LogP contribution < -0.4 is 10.6 Å². The lowest BCUT2D eigenvalue weighted by molar-refractivity contribution is -0.128. The largest absolute Gasteiger partial charge is 0.394 e. The molecule has 2 heterocycles. The summed E-state index contributed by atoms with van der Waals surface area (Å²) in [5, 5.41) is 16.5. The van der Waals surface area contributed by atoms with Crippen molar-refractivity contribution in [1.29, 1.82) is 0 Å². The highest BCUT2D eigenvalue weighted by atomic mass is 35.5. The zero-order valence-corrected chi connectivity index (χ0v) is 19.8. The first-order valence-corrected chi connectivity index (χ1v) is 12.2. The molecule has 0 aromatic heterocycles. The molecule has 0 aliphatic carbocycles. The summed E-state index contributed by atoms with van der Waals surface area (Å²) < 4.78 is 6.00. The minimum absolute atomic E-state index is 0.00789. The van der Waals surface area contributed by atoms with Crippen molar-refractivity contribution in [3.05, 3.63) is 33.8 Å². The molecule has 0 unspecified atom stereocenters. The molecule has 2 aliphatic heterocycles. The monoisotopic (exact) mass is 485 g/mol. The van der Waals surface area contributed by atoms with Crippen molar-refractivity contribution in [3.8, 4) is 0 Å². The number of piperidine rings is 1. The topological polar surface area (TPSA) is 90.9 Å². The average Bonchev–Trinajstić information content (AvgIpc) is 2.78. The van der Waals surface area contributed by atoms with Gasteiger partial charge >= 0.3 is 0 Å². The Labute approximate surface area is 199 Å². The van der Waals surface area contributed by atoms with E-state index in [9.17, 15) is 14.7 Å². The second kappa shape index (κ2) is 12.8. The fraction of sp³-hybridized carbons (Fsp3) is 0.652. The summed E-state index contributed by atoms with van der Waals surface area (Å²) in [6.07, 6.45) is 5.75.